The van der Waals surface area contributed by atoms with Gasteiger partial charge in [0.25, 0.3) is 0 Å². The van der Waals surface area contributed by atoms with Crippen LogP contribution in [0.15, 0.2) is 48.5 Å². The highest BCUT2D eigenvalue weighted by Crippen LogP contribution is 2.35. The molecule has 6 nitrogen and oxygen atoms in total. The van der Waals surface area contributed by atoms with E-state index < -0.39 is 23.9 Å². The molecule has 0 radical (unpaired) electrons. The Labute approximate surface area is 208 Å². The largest absolute Gasteiger partial charge is 0.573 e. The summed E-state index contributed by atoms with van der Waals surface area (Å²) in [6, 6.07) is 9.48. The van der Waals surface area contributed by atoms with Crippen LogP contribution in [0.2, 0.25) is 5.02 Å². The molecule has 0 bridgehead atoms. The maximum atomic E-state index is 13.0. The average Bonchev–Trinajstić information content (AvgIpc) is 2.76. The Morgan fingerprint density at radius 3 is 2.36 bits per heavy atom. The molecule has 3 rings (SSSR count). The number of alkyl halides is 6. The first-order chi connectivity index (χ1) is 16.8. The normalized spacial score (nSPS) is 12.1. The number of anilines is 3. The number of hydrogen-bond donors (Lipinski definition) is 2. The van der Waals surface area contributed by atoms with Gasteiger partial charge in [-0.3, -0.25) is 0 Å². The van der Waals surface area contributed by atoms with Crippen LogP contribution in [0.5, 0.6) is 5.75 Å². The third kappa shape index (κ3) is 8.16. The lowest BCUT2D eigenvalue weighted by Crippen LogP contribution is -2.17. The summed E-state index contributed by atoms with van der Waals surface area (Å²) >= 11 is 6.05. The van der Waals surface area contributed by atoms with Crippen molar-refractivity contribution in [3.63, 3.8) is 0 Å². The lowest BCUT2D eigenvalue weighted by molar-refractivity contribution is -0.274. The number of ether oxygens (including phenoxy) is 1. The summed E-state index contributed by atoms with van der Waals surface area (Å²) < 4.78 is 80.9. The zero-order chi connectivity index (χ0) is 26.5. The lowest BCUT2D eigenvalue weighted by Gasteiger charge is -2.15. The first-order valence-electron chi connectivity index (χ1n) is 10.6. The molecule has 0 fully saturated rings. The van der Waals surface area contributed by atoms with Gasteiger partial charge in [0.1, 0.15) is 11.6 Å². The molecule has 0 saturated carbocycles. The first-order valence-corrected chi connectivity index (χ1v) is 11.0. The quantitative estimate of drug-likeness (QED) is 0.232. The molecule has 0 aliphatic rings. The SMILES string of the molecule is CN(C)CCCNc1nc(Nc2ccc(C(F)(F)F)cc2Cl)cc(-c2cccc(OC(F)(F)F)c2)n1. The summed E-state index contributed by atoms with van der Waals surface area (Å²) in [6.45, 7) is 1.29. The molecule has 0 aliphatic heterocycles. The van der Waals surface area contributed by atoms with Gasteiger partial charge in [-0.1, -0.05) is 23.7 Å². The van der Waals surface area contributed by atoms with Gasteiger partial charge in [0.05, 0.1) is 22.0 Å². The molecule has 1 heterocycles. The minimum absolute atomic E-state index is 0.155. The third-order valence-corrected chi connectivity index (χ3v) is 5.03. The Hall–Kier alpha value is -3.25. The Morgan fingerprint density at radius 2 is 1.72 bits per heavy atom. The van der Waals surface area contributed by atoms with E-state index in [9.17, 15) is 26.3 Å². The van der Waals surface area contributed by atoms with Crippen molar-refractivity contribution in [3.05, 3.63) is 59.1 Å². The van der Waals surface area contributed by atoms with E-state index in [0.717, 1.165) is 37.2 Å². The number of nitrogens with zero attached hydrogens (tertiary/aromatic N) is 3. The standard InChI is InChI=1S/C23H22ClF6N5O/c1-35(2)10-4-9-31-21-33-19(14-5-3-6-16(11-14)36-23(28,29)30)13-20(34-21)32-18-8-7-15(12-17(18)24)22(25,26)27/h3,5-8,11-13H,4,9-10H2,1-2H3,(H2,31,32,33,34). The molecule has 0 atom stereocenters. The molecule has 0 saturated heterocycles. The maximum absolute atomic E-state index is 13.0. The van der Waals surface area contributed by atoms with Crippen LogP contribution in [-0.4, -0.2) is 48.4 Å². The molecule has 0 aliphatic carbocycles. The molecule has 36 heavy (non-hydrogen) atoms. The van der Waals surface area contributed by atoms with Gasteiger partial charge >= 0.3 is 12.5 Å². The van der Waals surface area contributed by atoms with E-state index in [4.69, 9.17) is 11.6 Å². The van der Waals surface area contributed by atoms with Crippen molar-refractivity contribution in [3.8, 4) is 17.0 Å². The van der Waals surface area contributed by atoms with Gasteiger partial charge in [-0.15, -0.1) is 13.2 Å². The molecule has 1 aromatic heterocycles. The minimum Gasteiger partial charge on any atom is -0.406 e. The van der Waals surface area contributed by atoms with E-state index in [1.807, 2.05) is 19.0 Å². The van der Waals surface area contributed by atoms with E-state index in [-0.39, 0.29) is 28.2 Å². The third-order valence-electron chi connectivity index (χ3n) is 4.71. The Balaban J connectivity index is 1.93. The first kappa shape index (κ1) is 27.3. The Morgan fingerprint density at radius 1 is 0.972 bits per heavy atom. The monoisotopic (exact) mass is 533 g/mol. The summed E-state index contributed by atoms with van der Waals surface area (Å²) in [5.74, 6) is -0.0998. The van der Waals surface area contributed by atoms with Gasteiger partial charge in [0, 0.05) is 18.2 Å². The molecule has 2 N–H and O–H groups in total. The van der Waals surface area contributed by atoms with Gasteiger partial charge in [-0.2, -0.15) is 18.2 Å². The highest BCUT2D eigenvalue weighted by atomic mass is 35.5. The van der Waals surface area contributed by atoms with Crippen molar-refractivity contribution >= 4 is 29.1 Å². The number of rotatable bonds is 9. The minimum atomic E-state index is -4.87. The van der Waals surface area contributed by atoms with E-state index in [0.29, 0.717) is 12.1 Å². The fourth-order valence-corrected chi connectivity index (χ4v) is 3.34. The molecule has 0 unspecified atom stereocenters. The van der Waals surface area contributed by atoms with Crippen molar-refractivity contribution in [1.29, 1.82) is 0 Å². The van der Waals surface area contributed by atoms with E-state index >= 15 is 0 Å². The van der Waals surface area contributed by atoms with Crippen molar-refractivity contribution in [1.82, 2.24) is 14.9 Å². The number of hydrogen-bond acceptors (Lipinski definition) is 6. The molecule has 194 valence electrons. The summed E-state index contributed by atoms with van der Waals surface area (Å²) in [5.41, 5.74) is -0.205. The predicted octanol–water partition coefficient (Wildman–Crippen LogP) is 6.82. The maximum Gasteiger partial charge on any atom is 0.573 e. The van der Waals surface area contributed by atoms with E-state index in [1.165, 1.54) is 24.3 Å². The van der Waals surface area contributed by atoms with Crippen molar-refractivity contribution in [2.45, 2.75) is 19.0 Å². The molecule has 0 spiro atoms. The zero-order valence-electron chi connectivity index (χ0n) is 19.1. The van der Waals surface area contributed by atoms with E-state index in [1.54, 1.807) is 0 Å². The van der Waals surface area contributed by atoms with Gasteiger partial charge in [0.15, 0.2) is 0 Å². The zero-order valence-corrected chi connectivity index (χ0v) is 19.9. The highest BCUT2D eigenvalue weighted by molar-refractivity contribution is 6.33. The van der Waals surface area contributed by atoms with Crippen LogP contribution in [0.3, 0.4) is 0 Å². The van der Waals surface area contributed by atoms with Crippen LogP contribution < -0.4 is 15.4 Å². The molecule has 0 amide bonds. The van der Waals surface area contributed by atoms with Crippen molar-refractivity contribution in [2.75, 3.05) is 37.8 Å². The molecule has 2 aromatic carbocycles. The van der Waals surface area contributed by atoms with Crippen molar-refractivity contribution < 1.29 is 31.1 Å². The number of benzene rings is 2. The second-order valence-corrected chi connectivity index (χ2v) is 8.35. The molecule has 13 heteroatoms. The summed E-state index contributed by atoms with van der Waals surface area (Å²) in [4.78, 5) is 10.7. The van der Waals surface area contributed by atoms with Gasteiger partial charge < -0.3 is 20.3 Å². The smallest absolute Gasteiger partial charge is 0.406 e. The highest BCUT2D eigenvalue weighted by Gasteiger charge is 2.32. The van der Waals surface area contributed by atoms with Crippen LogP contribution in [0.1, 0.15) is 12.0 Å². The van der Waals surface area contributed by atoms with Crippen LogP contribution in [-0.2, 0) is 6.18 Å². The van der Waals surface area contributed by atoms with Crippen molar-refractivity contribution in [2.24, 2.45) is 0 Å². The molecule has 3 aromatic rings. The summed E-state index contributed by atoms with van der Waals surface area (Å²) in [7, 11) is 3.84. The summed E-state index contributed by atoms with van der Waals surface area (Å²) in [5, 5.41) is 5.72. The Bertz CT molecular complexity index is 1190. The van der Waals surface area contributed by atoms with E-state index in [2.05, 4.69) is 25.3 Å². The van der Waals surface area contributed by atoms with Gasteiger partial charge in [0.2, 0.25) is 5.95 Å². The van der Waals surface area contributed by atoms with Crippen LogP contribution in [0, 0.1) is 0 Å². The van der Waals surface area contributed by atoms with Crippen LogP contribution in [0.25, 0.3) is 11.3 Å². The predicted molar refractivity (Wildman–Crippen MR) is 126 cm³/mol. The number of nitrogens with one attached hydrogen (secondary N) is 2. The molecular weight excluding hydrogens is 512 g/mol. The average molecular weight is 534 g/mol. The molecular formula is C23H22ClF6N5O. The Kier molecular flexibility index (Phi) is 8.51. The summed E-state index contributed by atoms with van der Waals surface area (Å²) in [6.07, 6.45) is -8.67. The second kappa shape index (κ2) is 11.2. The van der Waals surface area contributed by atoms with Gasteiger partial charge in [-0.25, -0.2) is 4.98 Å². The van der Waals surface area contributed by atoms with Crippen LogP contribution in [0.4, 0.5) is 43.8 Å². The second-order valence-electron chi connectivity index (χ2n) is 7.94. The van der Waals surface area contributed by atoms with Crippen LogP contribution >= 0.6 is 11.6 Å². The lowest BCUT2D eigenvalue weighted by atomic mass is 10.1. The van der Waals surface area contributed by atoms with Gasteiger partial charge in [-0.05, 0) is 57.4 Å². The number of halogens is 7. The fraction of sp³-hybridized carbons (Fsp3) is 0.304. The topological polar surface area (TPSA) is 62.3 Å². The number of aromatic nitrogens is 2. The fourth-order valence-electron chi connectivity index (χ4n) is 3.12.